The number of piperazine rings is 1. The fourth-order valence-corrected chi connectivity index (χ4v) is 4.02. The van der Waals surface area contributed by atoms with E-state index in [4.69, 9.17) is 9.72 Å². The zero-order valence-electron chi connectivity index (χ0n) is 17.3. The van der Waals surface area contributed by atoms with E-state index in [-0.39, 0.29) is 5.91 Å². The number of carbonyl (C=O) groups is 1. The van der Waals surface area contributed by atoms with Crippen LogP contribution >= 0.6 is 0 Å². The van der Waals surface area contributed by atoms with E-state index in [1.54, 1.807) is 19.5 Å². The molecule has 0 unspecified atom stereocenters. The number of rotatable bonds is 4. The standard InChI is InChI=1S/C22H23N7O2/c1-31-18-5-4-16(14-25-18)28-9-11-29(12-10-28)21-17-6-8-24-22(30)19(17)26-20(27-21)15-3-2-7-23-13-15/h2-5,7,13-14H,6,8-12H2,1H3,(H,24,30). The zero-order chi connectivity index (χ0) is 21.2. The Morgan fingerprint density at radius 1 is 1.03 bits per heavy atom. The van der Waals surface area contributed by atoms with Gasteiger partial charge in [0.15, 0.2) is 5.82 Å². The van der Waals surface area contributed by atoms with E-state index >= 15 is 0 Å². The number of fused-ring (bicyclic) bond motifs is 1. The summed E-state index contributed by atoms with van der Waals surface area (Å²) in [5, 5.41) is 2.90. The van der Waals surface area contributed by atoms with Gasteiger partial charge in [0.05, 0.1) is 19.0 Å². The van der Waals surface area contributed by atoms with E-state index in [2.05, 4.69) is 30.1 Å². The molecule has 1 amide bonds. The quantitative estimate of drug-likeness (QED) is 0.683. The van der Waals surface area contributed by atoms with Crippen molar-refractivity contribution in [1.82, 2.24) is 25.3 Å². The van der Waals surface area contributed by atoms with Gasteiger partial charge in [0.1, 0.15) is 11.5 Å². The molecule has 3 aromatic heterocycles. The Bertz CT molecular complexity index is 1080. The van der Waals surface area contributed by atoms with Gasteiger partial charge in [-0.3, -0.25) is 9.78 Å². The second-order valence-electron chi connectivity index (χ2n) is 7.48. The molecule has 31 heavy (non-hydrogen) atoms. The van der Waals surface area contributed by atoms with Gasteiger partial charge in [-0.2, -0.15) is 0 Å². The molecule has 0 spiro atoms. The summed E-state index contributed by atoms with van der Waals surface area (Å²) in [5.74, 6) is 1.85. The lowest BCUT2D eigenvalue weighted by atomic mass is 10.0. The first-order valence-electron chi connectivity index (χ1n) is 10.3. The van der Waals surface area contributed by atoms with Gasteiger partial charge in [-0.1, -0.05) is 0 Å². The van der Waals surface area contributed by atoms with Crippen LogP contribution in [0.3, 0.4) is 0 Å². The third-order valence-electron chi connectivity index (χ3n) is 5.65. The lowest BCUT2D eigenvalue weighted by molar-refractivity contribution is 0.0940. The number of hydrogen-bond acceptors (Lipinski definition) is 8. The highest BCUT2D eigenvalue weighted by molar-refractivity contribution is 5.96. The average Bonchev–Trinajstić information content (AvgIpc) is 2.84. The second kappa shape index (κ2) is 8.17. The first-order valence-corrected chi connectivity index (χ1v) is 10.3. The number of nitrogens with one attached hydrogen (secondary N) is 1. The number of carbonyl (C=O) groups excluding carboxylic acids is 1. The van der Waals surface area contributed by atoms with E-state index < -0.39 is 0 Å². The SMILES string of the molecule is COc1ccc(N2CCN(c3nc(-c4cccnc4)nc4c3CCNC4=O)CC2)cn1. The molecule has 3 aromatic rings. The van der Waals surface area contributed by atoms with Crippen LogP contribution in [0.25, 0.3) is 11.4 Å². The number of amides is 1. The van der Waals surface area contributed by atoms with E-state index in [1.807, 2.05) is 30.5 Å². The highest BCUT2D eigenvalue weighted by Gasteiger charge is 2.28. The van der Waals surface area contributed by atoms with Crippen LogP contribution < -0.4 is 19.9 Å². The Morgan fingerprint density at radius 3 is 2.58 bits per heavy atom. The smallest absolute Gasteiger partial charge is 0.270 e. The molecule has 0 atom stereocenters. The number of hydrogen-bond donors (Lipinski definition) is 1. The van der Waals surface area contributed by atoms with Gasteiger partial charge in [-0.05, 0) is 24.6 Å². The molecule has 1 saturated heterocycles. The van der Waals surface area contributed by atoms with Gasteiger partial charge in [-0.15, -0.1) is 0 Å². The molecule has 9 nitrogen and oxygen atoms in total. The van der Waals surface area contributed by atoms with Crippen molar-refractivity contribution in [2.75, 3.05) is 49.6 Å². The average molecular weight is 417 g/mol. The molecule has 9 heteroatoms. The van der Waals surface area contributed by atoms with E-state index in [0.717, 1.165) is 55.2 Å². The minimum atomic E-state index is -0.141. The Kier molecular flexibility index (Phi) is 5.07. The van der Waals surface area contributed by atoms with Crippen LogP contribution in [0, 0.1) is 0 Å². The predicted molar refractivity (Wildman–Crippen MR) is 117 cm³/mol. The Labute approximate surface area is 180 Å². The third-order valence-corrected chi connectivity index (χ3v) is 5.65. The molecule has 0 aromatic carbocycles. The molecule has 2 aliphatic heterocycles. The van der Waals surface area contributed by atoms with Crippen LogP contribution in [-0.4, -0.2) is 65.7 Å². The van der Waals surface area contributed by atoms with E-state index in [9.17, 15) is 4.79 Å². The minimum Gasteiger partial charge on any atom is -0.481 e. The summed E-state index contributed by atoms with van der Waals surface area (Å²) in [4.78, 5) is 35.0. The number of ether oxygens (including phenoxy) is 1. The predicted octanol–water partition coefficient (Wildman–Crippen LogP) is 1.55. The molecular weight excluding hydrogens is 394 g/mol. The fourth-order valence-electron chi connectivity index (χ4n) is 4.02. The molecule has 1 fully saturated rings. The number of methoxy groups -OCH3 is 1. The maximum atomic E-state index is 12.5. The van der Waals surface area contributed by atoms with Gasteiger partial charge >= 0.3 is 0 Å². The van der Waals surface area contributed by atoms with Crippen molar-refractivity contribution in [3.05, 3.63) is 54.1 Å². The van der Waals surface area contributed by atoms with Crippen molar-refractivity contribution in [3.8, 4) is 17.3 Å². The molecule has 1 N–H and O–H groups in total. The molecule has 0 aliphatic carbocycles. The summed E-state index contributed by atoms with van der Waals surface area (Å²) >= 11 is 0. The second-order valence-corrected chi connectivity index (χ2v) is 7.48. The largest absolute Gasteiger partial charge is 0.481 e. The Balaban J connectivity index is 1.43. The topological polar surface area (TPSA) is 96.4 Å². The van der Waals surface area contributed by atoms with Crippen LogP contribution in [-0.2, 0) is 6.42 Å². The maximum Gasteiger partial charge on any atom is 0.270 e. The molecule has 0 bridgehead atoms. The summed E-state index contributed by atoms with van der Waals surface area (Å²) in [6.07, 6.45) is 6.00. The van der Waals surface area contributed by atoms with Crippen molar-refractivity contribution in [2.24, 2.45) is 0 Å². The molecule has 5 rings (SSSR count). The van der Waals surface area contributed by atoms with Crippen molar-refractivity contribution in [3.63, 3.8) is 0 Å². The maximum absolute atomic E-state index is 12.5. The summed E-state index contributed by atoms with van der Waals surface area (Å²) in [6, 6.07) is 7.66. The Hall–Kier alpha value is -3.75. The monoisotopic (exact) mass is 417 g/mol. The Morgan fingerprint density at radius 2 is 1.87 bits per heavy atom. The van der Waals surface area contributed by atoms with Crippen molar-refractivity contribution in [2.45, 2.75) is 6.42 Å². The summed E-state index contributed by atoms with van der Waals surface area (Å²) in [7, 11) is 1.61. The number of anilines is 2. The summed E-state index contributed by atoms with van der Waals surface area (Å²) in [6.45, 7) is 3.86. The molecular formula is C22H23N7O2. The lowest BCUT2D eigenvalue weighted by Gasteiger charge is -2.38. The molecule has 2 aliphatic rings. The highest BCUT2D eigenvalue weighted by atomic mass is 16.5. The molecule has 158 valence electrons. The highest BCUT2D eigenvalue weighted by Crippen LogP contribution is 2.29. The first kappa shape index (κ1) is 19.2. The minimum absolute atomic E-state index is 0.141. The lowest BCUT2D eigenvalue weighted by Crippen LogP contribution is -2.48. The summed E-state index contributed by atoms with van der Waals surface area (Å²) < 4.78 is 5.15. The van der Waals surface area contributed by atoms with Crippen LogP contribution in [0.4, 0.5) is 11.5 Å². The number of aromatic nitrogens is 4. The van der Waals surface area contributed by atoms with Crippen LogP contribution in [0.5, 0.6) is 5.88 Å². The van der Waals surface area contributed by atoms with Crippen LogP contribution in [0.2, 0.25) is 0 Å². The zero-order valence-corrected chi connectivity index (χ0v) is 17.3. The third kappa shape index (κ3) is 3.74. The molecule has 0 radical (unpaired) electrons. The van der Waals surface area contributed by atoms with Gasteiger partial charge in [0.2, 0.25) is 5.88 Å². The normalized spacial score (nSPS) is 16.0. The van der Waals surface area contributed by atoms with Crippen molar-refractivity contribution < 1.29 is 9.53 Å². The molecule has 5 heterocycles. The van der Waals surface area contributed by atoms with E-state index in [1.165, 1.54) is 0 Å². The number of pyridine rings is 2. The van der Waals surface area contributed by atoms with Gasteiger partial charge in [0, 0.05) is 62.3 Å². The molecule has 0 saturated carbocycles. The first-order chi connectivity index (χ1) is 15.2. The van der Waals surface area contributed by atoms with Crippen LogP contribution in [0.15, 0.2) is 42.9 Å². The fraction of sp³-hybridized carbons (Fsp3) is 0.318. The van der Waals surface area contributed by atoms with Gasteiger partial charge < -0.3 is 19.9 Å². The van der Waals surface area contributed by atoms with Crippen molar-refractivity contribution in [1.29, 1.82) is 0 Å². The number of nitrogens with zero attached hydrogens (tertiary/aromatic N) is 6. The van der Waals surface area contributed by atoms with Gasteiger partial charge in [-0.25, -0.2) is 15.0 Å². The summed E-state index contributed by atoms with van der Waals surface area (Å²) in [5.41, 5.74) is 3.27. The van der Waals surface area contributed by atoms with Crippen LogP contribution in [0.1, 0.15) is 16.1 Å². The van der Waals surface area contributed by atoms with E-state index in [0.29, 0.717) is 23.9 Å². The van der Waals surface area contributed by atoms with Gasteiger partial charge in [0.25, 0.3) is 5.91 Å². The van der Waals surface area contributed by atoms with Crippen molar-refractivity contribution >= 4 is 17.4 Å².